The van der Waals surface area contributed by atoms with E-state index in [9.17, 15) is 14.9 Å². The molecule has 26 heavy (non-hydrogen) atoms. The molecule has 1 N–H and O–H groups in total. The smallest absolute Gasteiger partial charge is 0.293 e. The number of rotatable bonds is 5. The molecule has 1 saturated heterocycles. The van der Waals surface area contributed by atoms with Gasteiger partial charge in [0.25, 0.3) is 5.69 Å². The van der Waals surface area contributed by atoms with Crippen molar-refractivity contribution in [2.45, 2.75) is 13.5 Å². The molecule has 0 aromatic heterocycles. The highest BCUT2D eigenvalue weighted by Crippen LogP contribution is 2.26. The van der Waals surface area contributed by atoms with Crippen LogP contribution in [0.1, 0.15) is 12.5 Å². The molecule has 0 radical (unpaired) electrons. The Bertz CT molecular complexity index is 787. The van der Waals surface area contributed by atoms with E-state index in [1.165, 1.54) is 12.6 Å². The molecule has 1 aliphatic heterocycles. The van der Waals surface area contributed by atoms with E-state index in [0.29, 0.717) is 6.54 Å². The zero-order valence-electron chi connectivity index (χ0n) is 14.7. The summed E-state index contributed by atoms with van der Waals surface area (Å²) in [4.78, 5) is 26.7. The van der Waals surface area contributed by atoms with Gasteiger partial charge < -0.3 is 10.2 Å². The normalized spacial score (nSPS) is 14.9. The van der Waals surface area contributed by atoms with E-state index in [1.807, 2.05) is 24.3 Å². The predicted molar refractivity (Wildman–Crippen MR) is 101 cm³/mol. The van der Waals surface area contributed by atoms with Gasteiger partial charge in [0.2, 0.25) is 5.91 Å². The molecule has 0 unspecified atom stereocenters. The Kier molecular flexibility index (Phi) is 5.48. The summed E-state index contributed by atoms with van der Waals surface area (Å²) >= 11 is 0. The highest BCUT2D eigenvalue weighted by Gasteiger charge is 2.20. The first-order valence-electron chi connectivity index (χ1n) is 8.60. The van der Waals surface area contributed by atoms with Crippen molar-refractivity contribution in [3.05, 3.63) is 64.2 Å². The number of piperazine rings is 1. The lowest BCUT2D eigenvalue weighted by molar-refractivity contribution is -0.384. The van der Waals surface area contributed by atoms with Crippen molar-refractivity contribution in [3.8, 4) is 0 Å². The Morgan fingerprint density at radius 1 is 1.12 bits per heavy atom. The molecule has 2 aromatic carbocycles. The van der Waals surface area contributed by atoms with Crippen molar-refractivity contribution in [3.63, 3.8) is 0 Å². The van der Waals surface area contributed by atoms with Gasteiger partial charge in [0.1, 0.15) is 5.69 Å². The van der Waals surface area contributed by atoms with Crippen molar-refractivity contribution in [2.75, 3.05) is 36.4 Å². The van der Waals surface area contributed by atoms with Gasteiger partial charge in [-0.15, -0.1) is 0 Å². The summed E-state index contributed by atoms with van der Waals surface area (Å²) < 4.78 is 0. The number of hydrogen-bond donors (Lipinski definition) is 1. The number of nitro benzene ring substituents is 1. The summed E-state index contributed by atoms with van der Waals surface area (Å²) in [6.07, 6.45) is 0. The molecule has 0 spiro atoms. The number of nitro groups is 1. The van der Waals surface area contributed by atoms with E-state index in [4.69, 9.17) is 0 Å². The lowest BCUT2D eigenvalue weighted by Gasteiger charge is -2.36. The fraction of sp³-hybridized carbons (Fsp3) is 0.316. The molecule has 2 aromatic rings. The second-order valence-electron chi connectivity index (χ2n) is 6.39. The highest BCUT2D eigenvalue weighted by atomic mass is 16.6. The Balaban J connectivity index is 1.64. The van der Waals surface area contributed by atoms with Crippen LogP contribution in [-0.4, -0.2) is 41.9 Å². The molecule has 136 valence electrons. The predicted octanol–water partition coefficient (Wildman–Crippen LogP) is 2.88. The van der Waals surface area contributed by atoms with Gasteiger partial charge in [0.15, 0.2) is 0 Å². The lowest BCUT2D eigenvalue weighted by atomic mass is 10.1. The Morgan fingerprint density at radius 3 is 2.42 bits per heavy atom. The van der Waals surface area contributed by atoms with Gasteiger partial charge in [-0.3, -0.25) is 19.8 Å². The van der Waals surface area contributed by atoms with Crippen molar-refractivity contribution in [1.82, 2.24) is 4.90 Å². The first-order valence-corrected chi connectivity index (χ1v) is 8.60. The third kappa shape index (κ3) is 4.37. The van der Waals surface area contributed by atoms with Crippen LogP contribution in [0, 0.1) is 10.1 Å². The van der Waals surface area contributed by atoms with E-state index in [0.717, 1.165) is 31.7 Å². The maximum atomic E-state index is 11.3. The fourth-order valence-corrected chi connectivity index (χ4v) is 3.18. The van der Waals surface area contributed by atoms with Crippen molar-refractivity contribution >= 4 is 23.0 Å². The van der Waals surface area contributed by atoms with Crippen LogP contribution >= 0.6 is 0 Å². The molecule has 7 heteroatoms. The van der Waals surface area contributed by atoms with Crippen LogP contribution in [0.4, 0.5) is 17.1 Å². The van der Waals surface area contributed by atoms with Crippen LogP contribution in [0.2, 0.25) is 0 Å². The van der Waals surface area contributed by atoms with Crippen LogP contribution in [-0.2, 0) is 11.3 Å². The maximum absolute atomic E-state index is 11.3. The van der Waals surface area contributed by atoms with Gasteiger partial charge in [-0.05, 0) is 23.8 Å². The van der Waals surface area contributed by atoms with Crippen LogP contribution in [0.3, 0.4) is 0 Å². The summed E-state index contributed by atoms with van der Waals surface area (Å²) in [5.74, 6) is -0.321. The molecule has 3 rings (SSSR count). The quantitative estimate of drug-likeness (QED) is 0.660. The average molecular weight is 354 g/mol. The summed E-state index contributed by atoms with van der Waals surface area (Å²) in [5, 5.41) is 13.8. The van der Waals surface area contributed by atoms with E-state index in [1.54, 1.807) is 12.1 Å². The largest absolute Gasteiger partial charge is 0.369 e. The van der Waals surface area contributed by atoms with Crippen molar-refractivity contribution in [1.29, 1.82) is 0 Å². The minimum Gasteiger partial charge on any atom is -0.369 e. The SMILES string of the molecule is CC(=O)Nc1ccc(CN2CCN(c3ccccc3)CC2)cc1[N+](=O)[O-]. The van der Waals surface area contributed by atoms with Gasteiger partial charge in [-0.1, -0.05) is 24.3 Å². The fourth-order valence-electron chi connectivity index (χ4n) is 3.18. The topological polar surface area (TPSA) is 78.7 Å². The van der Waals surface area contributed by atoms with Gasteiger partial charge in [0, 0.05) is 51.4 Å². The number of hydrogen-bond acceptors (Lipinski definition) is 5. The molecule has 0 atom stereocenters. The monoisotopic (exact) mass is 354 g/mol. The molecule has 1 aliphatic rings. The first kappa shape index (κ1) is 17.9. The van der Waals surface area contributed by atoms with E-state index in [-0.39, 0.29) is 17.3 Å². The van der Waals surface area contributed by atoms with Crippen molar-refractivity contribution in [2.24, 2.45) is 0 Å². The van der Waals surface area contributed by atoms with Gasteiger partial charge >= 0.3 is 0 Å². The number of nitrogens with one attached hydrogen (secondary N) is 1. The van der Waals surface area contributed by atoms with Crippen LogP contribution in [0.5, 0.6) is 0 Å². The highest BCUT2D eigenvalue weighted by molar-refractivity contribution is 5.91. The van der Waals surface area contributed by atoms with Crippen LogP contribution in [0.15, 0.2) is 48.5 Å². The molecule has 7 nitrogen and oxygen atoms in total. The molecule has 1 amide bonds. The molecular formula is C19H22N4O3. The zero-order chi connectivity index (χ0) is 18.5. The summed E-state index contributed by atoms with van der Waals surface area (Å²) in [6.45, 7) is 5.64. The third-order valence-corrected chi connectivity index (χ3v) is 4.47. The molecule has 1 fully saturated rings. The molecule has 1 heterocycles. The van der Waals surface area contributed by atoms with Gasteiger partial charge in [-0.2, -0.15) is 0 Å². The lowest BCUT2D eigenvalue weighted by Crippen LogP contribution is -2.45. The number of benzene rings is 2. The molecule has 0 aliphatic carbocycles. The summed E-state index contributed by atoms with van der Waals surface area (Å²) in [5.41, 5.74) is 2.27. The summed E-state index contributed by atoms with van der Waals surface area (Å²) in [7, 11) is 0. The van der Waals surface area contributed by atoms with Gasteiger partial charge in [-0.25, -0.2) is 0 Å². The average Bonchev–Trinajstić information content (AvgIpc) is 2.64. The Labute approximate surface area is 152 Å². The van der Waals surface area contributed by atoms with E-state index >= 15 is 0 Å². The van der Waals surface area contributed by atoms with Crippen LogP contribution < -0.4 is 10.2 Å². The minimum absolute atomic E-state index is 0.0689. The van der Waals surface area contributed by atoms with E-state index in [2.05, 4.69) is 27.2 Å². The molecular weight excluding hydrogens is 332 g/mol. The maximum Gasteiger partial charge on any atom is 0.293 e. The number of para-hydroxylation sites is 1. The number of amides is 1. The molecule has 0 saturated carbocycles. The van der Waals surface area contributed by atoms with Gasteiger partial charge in [0.05, 0.1) is 4.92 Å². The number of anilines is 2. The van der Waals surface area contributed by atoms with E-state index < -0.39 is 4.92 Å². The number of carbonyl (C=O) groups is 1. The Morgan fingerprint density at radius 2 is 1.81 bits per heavy atom. The third-order valence-electron chi connectivity index (χ3n) is 4.47. The first-order chi connectivity index (χ1) is 12.5. The number of nitrogens with zero attached hydrogens (tertiary/aromatic N) is 3. The minimum atomic E-state index is -0.456. The molecule has 0 bridgehead atoms. The van der Waals surface area contributed by atoms with Crippen LogP contribution in [0.25, 0.3) is 0 Å². The Hall–Kier alpha value is -2.93. The zero-order valence-corrected chi connectivity index (χ0v) is 14.7. The summed E-state index contributed by atoms with van der Waals surface area (Å²) in [6, 6.07) is 15.3. The van der Waals surface area contributed by atoms with Crippen molar-refractivity contribution < 1.29 is 9.72 Å². The second kappa shape index (κ2) is 7.97. The second-order valence-corrected chi connectivity index (χ2v) is 6.39. The number of carbonyl (C=O) groups excluding carboxylic acids is 1. The standard InChI is InChI=1S/C19H22N4O3/c1-15(24)20-18-8-7-16(13-19(18)23(25)26)14-21-9-11-22(12-10-21)17-5-3-2-4-6-17/h2-8,13H,9-12,14H2,1H3,(H,20,24).